The predicted octanol–water partition coefficient (Wildman–Crippen LogP) is 1.69. The van der Waals surface area contributed by atoms with E-state index in [2.05, 4.69) is 0 Å². The van der Waals surface area contributed by atoms with E-state index < -0.39 is 0 Å². The summed E-state index contributed by atoms with van der Waals surface area (Å²) in [5, 5.41) is 0. The second-order valence-corrected chi connectivity index (χ2v) is 3.89. The average molecular weight is 180 g/mol. The summed E-state index contributed by atoms with van der Waals surface area (Å²) in [6.07, 6.45) is 9.97. The van der Waals surface area contributed by atoms with Crippen LogP contribution in [0, 0.1) is 0 Å². The van der Waals surface area contributed by atoms with Crippen LogP contribution < -0.4 is 5.69 Å². The molecule has 0 amide bonds. The van der Waals surface area contributed by atoms with Crippen LogP contribution in [0.25, 0.3) is 0 Å². The number of nitrogens with zero attached hydrogens (tertiary/aromatic N) is 2. The lowest BCUT2D eigenvalue weighted by atomic mass is 9.95. The van der Waals surface area contributed by atoms with E-state index in [1.807, 2.05) is 24.0 Å². The quantitative estimate of drug-likeness (QED) is 0.646. The highest BCUT2D eigenvalue weighted by Crippen LogP contribution is 2.26. The highest BCUT2D eigenvalue weighted by atomic mass is 16.1. The number of aromatic nitrogens is 2. The van der Waals surface area contributed by atoms with Crippen LogP contribution in [0.2, 0.25) is 0 Å². The van der Waals surface area contributed by atoms with Crippen molar-refractivity contribution < 1.29 is 0 Å². The molecule has 72 valence electrons. The molecule has 1 saturated carbocycles. The van der Waals surface area contributed by atoms with Crippen molar-refractivity contribution in [2.75, 3.05) is 0 Å². The topological polar surface area (TPSA) is 26.9 Å². The van der Waals surface area contributed by atoms with Gasteiger partial charge in [0, 0.05) is 25.5 Å². The summed E-state index contributed by atoms with van der Waals surface area (Å²) in [5.74, 6) is 0. The third kappa shape index (κ3) is 1.55. The minimum atomic E-state index is 0.131. The highest BCUT2D eigenvalue weighted by molar-refractivity contribution is 4.85. The average Bonchev–Trinajstić information content (AvgIpc) is 2.49. The molecule has 13 heavy (non-hydrogen) atoms. The SMILES string of the molecule is Cn1ccn(C2CCCCC2)c1=O. The molecule has 0 saturated heterocycles. The maximum absolute atomic E-state index is 11.6. The van der Waals surface area contributed by atoms with Crippen LogP contribution in [0.3, 0.4) is 0 Å². The van der Waals surface area contributed by atoms with E-state index in [1.54, 1.807) is 4.57 Å². The first-order valence-electron chi connectivity index (χ1n) is 5.02. The van der Waals surface area contributed by atoms with Gasteiger partial charge >= 0.3 is 5.69 Å². The van der Waals surface area contributed by atoms with E-state index >= 15 is 0 Å². The predicted molar refractivity (Wildman–Crippen MR) is 51.8 cm³/mol. The number of rotatable bonds is 1. The normalized spacial score (nSPS) is 19.2. The Morgan fingerprint density at radius 3 is 2.46 bits per heavy atom. The fraction of sp³-hybridized carbons (Fsp3) is 0.700. The molecule has 0 atom stereocenters. The lowest BCUT2D eigenvalue weighted by Crippen LogP contribution is -2.26. The smallest absolute Gasteiger partial charge is 0.302 e. The molecular formula is C10H16N2O. The van der Waals surface area contributed by atoms with Gasteiger partial charge in [0.1, 0.15) is 0 Å². The molecule has 0 aliphatic heterocycles. The number of hydrogen-bond acceptors (Lipinski definition) is 1. The molecular weight excluding hydrogens is 164 g/mol. The Labute approximate surface area is 78.0 Å². The Morgan fingerprint density at radius 1 is 1.23 bits per heavy atom. The van der Waals surface area contributed by atoms with Crippen LogP contribution in [0.5, 0.6) is 0 Å². The van der Waals surface area contributed by atoms with E-state index in [9.17, 15) is 4.79 Å². The summed E-state index contributed by atoms with van der Waals surface area (Å²) in [4.78, 5) is 11.6. The van der Waals surface area contributed by atoms with Gasteiger partial charge < -0.3 is 4.57 Å². The molecule has 1 aromatic heterocycles. The zero-order chi connectivity index (χ0) is 9.26. The van der Waals surface area contributed by atoms with Crippen LogP contribution >= 0.6 is 0 Å². The molecule has 1 aliphatic rings. The summed E-state index contributed by atoms with van der Waals surface area (Å²) in [7, 11) is 1.81. The van der Waals surface area contributed by atoms with Crippen molar-refractivity contribution in [3.8, 4) is 0 Å². The standard InChI is InChI=1S/C10H16N2O/c1-11-7-8-12(10(11)13)9-5-3-2-4-6-9/h7-9H,2-6H2,1H3. The summed E-state index contributed by atoms with van der Waals surface area (Å²) in [6.45, 7) is 0. The minimum Gasteiger partial charge on any atom is -0.302 e. The van der Waals surface area contributed by atoms with Crippen molar-refractivity contribution in [1.82, 2.24) is 9.13 Å². The summed E-state index contributed by atoms with van der Waals surface area (Å²) in [6, 6.07) is 0.461. The Hall–Kier alpha value is -0.990. The Bertz CT molecular complexity index is 331. The van der Waals surface area contributed by atoms with Crippen molar-refractivity contribution >= 4 is 0 Å². The molecule has 3 nitrogen and oxygen atoms in total. The maximum atomic E-state index is 11.6. The first kappa shape index (κ1) is 8.60. The zero-order valence-electron chi connectivity index (χ0n) is 8.07. The van der Waals surface area contributed by atoms with Gasteiger partial charge in [-0.3, -0.25) is 4.57 Å². The van der Waals surface area contributed by atoms with E-state index in [0.717, 1.165) is 0 Å². The maximum Gasteiger partial charge on any atom is 0.328 e. The van der Waals surface area contributed by atoms with Crippen LogP contribution in [0.1, 0.15) is 38.1 Å². The van der Waals surface area contributed by atoms with Crippen LogP contribution in [0.15, 0.2) is 17.2 Å². The molecule has 0 spiro atoms. The van der Waals surface area contributed by atoms with Gasteiger partial charge in [-0.05, 0) is 12.8 Å². The second-order valence-electron chi connectivity index (χ2n) is 3.89. The monoisotopic (exact) mass is 180 g/mol. The molecule has 0 unspecified atom stereocenters. The zero-order valence-corrected chi connectivity index (χ0v) is 8.07. The van der Waals surface area contributed by atoms with Crippen molar-refractivity contribution in [2.45, 2.75) is 38.1 Å². The Kier molecular flexibility index (Phi) is 2.25. The van der Waals surface area contributed by atoms with Crippen molar-refractivity contribution in [3.05, 3.63) is 22.9 Å². The lowest BCUT2D eigenvalue weighted by Gasteiger charge is -2.21. The fourth-order valence-electron chi connectivity index (χ4n) is 2.12. The first-order chi connectivity index (χ1) is 6.29. The van der Waals surface area contributed by atoms with E-state index in [1.165, 1.54) is 32.1 Å². The number of aryl methyl sites for hydroxylation is 1. The van der Waals surface area contributed by atoms with Gasteiger partial charge in [-0.15, -0.1) is 0 Å². The lowest BCUT2D eigenvalue weighted by molar-refractivity contribution is 0.345. The molecule has 0 N–H and O–H groups in total. The highest BCUT2D eigenvalue weighted by Gasteiger charge is 2.16. The van der Waals surface area contributed by atoms with Gasteiger partial charge in [-0.25, -0.2) is 4.79 Å². The van der Waals surface area contributed by atoms with Crippen LogP contribution in [-0.2, 0) is 7.05 Å². The third-order valence-corrected chi connectivity index (χ3v) is 2.94. The molecule has 0 radical (unpaired) electrons. The van der Waals surface area contributed by atoms with Gasteiger partial charge in [0.2, 0.25) is 0 Å². The third-order valence-electron chi connectivity index (χ3n) is 2.94. The Balaban J connectivity index is 2.24. The van der Waals surface area contributed by atoms with Crippen molar-refractivity contribution in [3.63, 3.8) is 0 Å². The molecule has 1 aromatic rings. The number of imidazole rings is 1. The largest absolute Gasteiger partial charge is 0.328 e. The van der Waals surface area contributed by atoms with Crippen LogP contribution in [-0.4, -0.2) is 9.13 Å². The van der Waals surface area contributed by atoms with Gasteiger partial charge in [0.15, 0.2) is 0 Å². The summed E-state index contributed by atoms with van der Waals surface area (Å²) in [5.41, 5.74) is 0.131. The van der Waals surface area contributed by atoms with Gasteiger partial charge in [-0.2, -0.15) is 0 Å². The summed E-state index contributed by atoms with van der Waals surface area (Å²) >= 11 is 0. The molecule has 1 fully saturated rings. The van der Waals surface area contributed by atoms with Gasteiger partial charge in [0.05, 0.1) is 0 Å². The Morgan fingerprint density at radius 2 is 1.92 bits per heavy atom. The molecule has 0 aromatic carbocycles. The molecule has 1 heterocycles. The van der Waals surface area contributed by atoms with E-state index in [0.29, 0.717) is 6.04 Å². The first-order valence-corrected chi connectivity index (χ1v) is 5.02. The van der Waals surface area contributed by atoms with E-state index in [4.69, 9.17) is 0 Å². The molecule has 0 bridgehead atoms. The van der Waals surface area contributed by atoms with Crippen LogP contribution in [0.4, 0.5) is 0 Å². The number of hydrogen-bond donors (Lipinski definition) is 0. The van der Waals surface area contributed by atoms with Crippen molar-refractivity contribution in [1.29, 1.82) is 0 Å². The second kappa shape index (κ2) is 3.40. The fourth-order valence-corrected chi connectivity index (χ4v) is 2.12. The van der Waals surface area contributed by atoms with Gasteiger partial charge in [-0.1, -0.05) is 19.3 Å². The molecule has 3 heteroatoms. The minimum absolute atomic E-state index is 0.131. The molecule has 2 rings (SSSR count). The molecule has 1 aliphatic carbocycles. The van der Waals surface area contributed by atoms with Crippen molar-refractivity contribution in [2.24, 2.45) is 7.05 Å². The summed E-state index contributed by atoms with van der Waals surface area (Å²) < 4.78 is 3.54. The van der Waals surface area contributed by atoms with Gasteiger partial charge in [0.25, 0.3) is 0 Å². The van der Waals surface area contributed by atoms with E-state index in [-0.39, 0.29) is 5.69 Å².